The van der Waals surface area contributed by atoms with Gasteiger partial charge in [-0.15, -0.1) is 0 Å². The molecule has 2 N–H and O–H groups in total. The van der Waals surface area contributed by atoms with Crippen LogP contribution in [0.2, 0.25) is 0 Å². The molecule has 2 amide bonds. The molecule has 0 aliphatic carbocycles. The molecule has 2 aromatic rings. The quantitative estimate of drug-likeness (QED) is 0.849. The van der Waals surface area contributed by atoms with Crippen molar-refractivity contribution in [1.29, 1.82) is 0 Å². The van der Waals surface area contributed by atoms with E-state index in [1.807, 2.05) is 30.3 Å². The van der Waals surface area contributed by atoms with Crippen LogP contribution < -0.4 is 5.32 Å². The average molecular weight is 358 g/mol. The molecule has 1 aliphatic rings. The van der Waals surface area contributed by atoms with Crippen LogP contribution in [0.5, 0.6) is 0 Å². The van der Waals surface area contributed by atoms with E-state index in [4.69, 9.17) is 4.74 Å². The normalized spacial score (nSPS) is 16.5. The Labute approximate surface area is 151 Å². The first-order chi connectivity index (χ1) is 12.6. The van der Waals surface area contributed by atoms with Crippen LogP contribution in [0.4, 0.5) is 10.5 Å². The van der Waals surface area contributed by atoms with Crippen LogP contribution in [-0.4, -0.2) is 51.0 Å². The van der Waals surface area contributed by atoms with Gasteiger partial charge in [0.05, 0.1) is 18.3 Å². The highest BCUT2D eigenvalue weighted by Gasteiger charge is 2.32. The largest absolute Gasteiger partial charge is 0.444 e. The number of hydrogen-bond donors (Lipinski definition) is 2. The molecule has 138 valence electrons. The Bertz CT molecular complexity index is 775. The number of benzene rings is 1. The molecule has 1 fully saturated rings. The monoisotopic (exact) mass is 358 g/mol. The second-order valence-corrected chi connectivity index (χ2v) is 6.23. The van der Waals surface area contributed by atoms with E-state index >= 15 is 0 Å². The highest BCUT2D eigenvalue weighted by molar-refractivity contribution is 6.01. The number of aromatic nitrogens is 2. The first kappa shape index (κ1) is 17.9. The molecule has 1 atom stereocenters. The maximum absolute atomic E-state index is 12.8. The lowest BCUT2D eigenvalue weighted by molar-refractivity contribution is 0.0672. The van der Waals surface area contributed by atoms with Gasteiger partial charge in [0.1, 0.15) is 6.61 Å². The van der Waals surface area contributed by atoms with Crippen LogP contribution in [-0.2, 0) is 18.4 Å². The summed E-state index contributed by atoms with van der Waals surface area (Å²) >= 11 is 0. The molecule has 8 heteroatoms. The third kappa shape index (κ3) is 4.02. The zero-order chi connectivity index (χ0) is 18.5. The molecule has 1 aliphatic heterocycles. The summed E-state index contributed by atoms with van der Waals surface area (Å²) in [5, 5.41) is 16.2. The van der Waals surface area contributed by atoms with Gasteiger partial charge in [-0.05, 0) is 18.4 Å². The highest BCUT2D eigenvalue weighted by atomic mass is 16.5. The number of amides is 2. The summed E-state index contributed by atoms with van der Waals surface area (Å²) in [4.78, 5) is 26.4. The van der Waals surface area contributed by atoms with Crippen molar-refractivity contribution >= 4 is 17.7 Å². The van der Waals surface area contributed by atoms with Crippen LogP contribution >= 0.6 is 0 Å². The van der Waals surface area contributed by atoms with E-state index in [9.17, 15) is 14.7 Å². The first-order valence-electron chi connectivity index (χ1n) is 8.51. The summed E-state index contributed by atoms with van der Waals surface area (Å²) in [5.41, 5.74) is 1.30. The van der Waals surface area contributed by atoms with Crippen LogP contribution in [0.3, 0.4) is 0 Å². The Kier molecular flexibility index (Phi) is 5.52. The molecule has 2 heterocycles. The molecule has 0 bridgehead atoms. The van der Waals surface area contributed by atoms with E-state index in [1.165, 1.54) is 4.68 Å². The summed E-state index contributed by atoms with van der Waals surface area (Å²) in [6.07, 6.45) is 2.50. The summed E-state index contributed by atoms with van der Waals surface area (Å²) in [5.74, 6) is -0.305. The van der Waals surface area contributed by atoms with E-state index in [0.717, 1.165) is 18.4 Å². The fourth-order valence-electron chi connectivity index (χ4n) is 3.04. The maximum Gasteiger partial charge on any atom is 0.412 e. The van der Waals surface area contributed by atoms with Crippen molar-refractivity contribution in [1.82, 2.24) is 14.7 Å². The predicted octanol–water partition coefficient (Wildman–Crippen LogP) is 1.77. The lowest BCUT2D eigenvalue weighted by atomic mass is 10.2. The zero-order valence-electron chi connectivity index (χ0n) is 14.6. The Balaban J connectivity index is 1.67. The number of nitrogens with one attached hydrogen (secondary N) is 1. The second-order valence-electron chi connectivity index (χ2n) is 6.23. The van der Waals surface area contributed by atoms with Gasteiger partial charge in [0.15, 0.2) is 5.69 Å². The van der Waals surface area contributed by atoms with E-state index in [-0.39, 0.29) is 30.9 Å². The summed E-state index contributed by atoms with van der Waals surface area (Å²) < 4.78 is 6.65. The molecule has 1 aromatic heterocycles. The number of nitrogens with zero attached hydrogens (tertiary/aromatic N) is 3. The minimum Gasteiger partial charge on any atom is -0.444 e. The van der Waals surface area contributed by atoms with Crippen molar-refractivity contribution < 1.29 is 19.4 Å². The van der Waals surface area contributed by atoms with Crippen LogP contribution in [0, 0.1) is 0 Å². The Hall–Kier alpha value is -2.87. The molecule has 0 saturated carbocycles. The Morgan fingerprint density at radius 3 is 2.85 bits per heavy atom. The van der Waals surface area contributed by atoms with Gasteiger partial charge in [-0.2, -0.15) is 5.10 Å². The number of rotatable bonds is 5. The number of likely N-dealkylation sites (tertiary alicyclic amines) is 1. The third-order valence-corrected chi connectivity index (χ3v) is 4.33. The van der Waals surface area contributed by atoms with Gasteiger partial charge in [-0.1, -0.05) is 30.3 Å². The average Bonchev–Trinajstić information content (AvgIpc) is 3.26. The molecule has 8 nitrogen and oxygen atoms in total. The van der Waals surface area contributed by atoms with Gasteiger partial charge in [-0.25, -0.2) is 4.79 Å². The molecule has 26 heavy (non-hydrogen) atoms. The first-order valence-corrected chi connectivity index (χ1v) is 8.51. The number of carbonyl (C=O) groups is 2. The lowest BCUT2D eigenvalue weighted by Gasteiger charge is -2.22. The van der Waals surface area contributed by atoms with Crippen molar-refractivity contribution in [2.45, 2.75) is 25.5 Å². The zero-order valence-corrected chi connectivity index (χ0v) is 14.6. The maximum atomic E-state index is 12.8. The molecule has 1 saturated heterocycles. The summed E-state index contributed by atoms with van der Waals surface area (Å²) in [7, 11) is 1.67. The molecule has 3 rings (SSSR count). The smallest absolute Gasteiger partial charge is 0.412 e. The third-order valence-electron chi connectivity index (χ3n) is 4.33. The van der Waals surface area contributed by atoms with Crippen LogP contribution in [0.1, 0.15) is 28.9 Å². The number of aliphatic hydroxyl groups excluding tert-OH is 1. The van der Waals surface area contributed by atoms with E-state index < -0.39 is 6.09 Å². The van der Waals surface area contributed by atoms with Crippen molar-refractivity contribution in [3.8, 4) is 0 Å². The summed E-state index contributed by atoms with van der Waals surface area (Å²) in [6.45, 7) is 0.619. The standard InChI is InChI=1S/C18H22N4O4/c1-21-10-15(19-18(25)26-12-13-6-3-2-4-7-13)16(20-21)17(24)22-9-5-8-14(22)11-23/h2-4,6-7,10,14,23H,5,8-9,11-12H2,1H3,(H,19,25). The number of aliphatic hydroxyl groups is 1. The SMILES string of the molecule is Cn1cc(NC(=O)OCc2ccccc2)c(C(=O)N2CCCC2CO)n1. The van der Waals surface area contributed by atoms with E-state index in [0.29, 0.717) is 12.2 Å². The lowest BCUT2D eigenvalue weighted by Crippen LogP contribution is -2.38. The molecule has 1 aromatic carbocycles. The van der Waals surface area contributed by atoms with Crippen LogP contribution in [0.25, 0.3) is 0 Å². The molecule has 1 unspecified atom stereocenters. The van der Waals surface area contributed by atoms with Crippen LogP contribution in [0.15, 0.2) is 36.5 Å². The molecular formula is C18H22N4O4. The Morgan fingerprint density at radius 1 is 1.35 bits per heavy atom. The topological polar surface area (TPSA) is 96.7 Å². The van der Waals surface area contributed by atoms with Crippen molar-refractivity contribution in [2.75, 3.05) is 18.5 Å². The van der Waals surface area contributed by atoms with Gasteiger partial charge >= 0.3 is 6.09 Å². The number of anilines is 1. The number of carbonyl (C=O) groups excluding carboxylic acids is 2. The molecule has 0 radical (unpaired) electrons. The van der Waals surface area contributed by atoms with Crippen molar-refractivity contribution in [3.05, 3.63) is 47.8 Å². The minimum absolute atomic E-state index is 0.0829. The summed E-state index contributed by atoms with van der Waals surface area (Å²) in [6, 6.07) is 9.12. The molecule has 0 spiro atoms. The molecular weight excluding hydrogens is 336 g/mol. The number of ether oxygens (including phenoxy) is 1. The predicted molar refractivity (Wildman–Crippen MR) is 94.6 cm³/mol. The van der Waals surface area contributed by atoms with Gasteiger partial charge in [-0.3, -0.25) is 14.8 Å². The minimum atomic E-state index is -0.656. The van der Waals surface area contributed by atoms with Crippen molar-refractivity contribution in [3.63, 3.8) is 0 Å². The van der Waals surface area contributed by atoms with Gasteiger partial charge in [0.2, 0.25) is 0 Å². The number of aryl methyl sites for hydroxylation is 1. The highest BCUT2D eigenvalue weighted by Crippen LogP contribution is 2.23. The Morgan fingerprint density at radius 2 is 2.12 bits per heavy atom. The van der Waals surface area contributed by atoms with Gasteiger partial charge in [0.25, 0.3) is 5.91 Å². The fraction of sp³-hybridized carbons (Fsp3) is 0.389. The van der Waals surface area contributed by atoms with Gasteiger partial charge < -0.3 is 14.7 Å². The van der Waals surface area contributed by atoms with E-state index in [1.54, 1.807) is 18.1 Å². The number of hydrogen-bond acceptors (Lipinski definition) is 5. The second kappa shape index (κ2) is 8.01. The van der Waals surface area contributed by atoms with Gasteiger partial charge in [0, 0.05) is 19.8 Å². The fourth-order valence-corrected chi connectivity index (χ4v) is 3.04. The van der Waals surface area contributed by atoms with E-state index in [2.05, 4.69) is 10.4 Å². The van der Waals surface area contributed by atoms with Crippen molar-refractivity contribution in [2.24, 2.45) is 7.05 Å².